The van der Waals surface area contributed by atoms with Crippen LogP contribution in [0, 0.1) is 5.92 Å². The van der Waals surface area contributed by atoms with E-state index in [9.17, 15) is 27.9 Å². The number of aromatic hydroxyl groups is 1. The number of pyridine rings is 1. The lowest BCUT2D eigenvalue weighted by molar-refractivity contribution is -0.131. The summed E-state index contributed by atoms with van der Waals surface area (Å²) >= 11 is 0. The molecule has 1 saturated heterocycles. The van der Waals surface area contributed by atoms with Gasteiger partial charge in [-0.1, -0.05) is 12.1 Å². The Labute approximate surface area is 238 Å². The van der Waals surface area contributed by atoms with Crippen LogP contribution in [0.25, 0.3) is 10.8 Å². The monoisotopic (exact) mass is 586 g/mol. The highest BCUT2D eigenvalue weighted by Gasteiger charge is 2.62. The molecule has 3 fully saturated rings. The predicted octanol–water partition coefficient (Wildman–Crippen LogP) is 2.37. The molecule has 220 valence electrons. The fourth-order valence-electron chi connectivity index (χ4n) is 5.09. The molecule has 2 heterocycles. The minimum atomic E-state index is -3.84. The van der Waals surface area contributed by atoms with Gasteiger partial charge in [-0.3, -0.25) is 19.2 Å². The highest BCUT2D eigenvalue weighted by molar-refractivity contribution is 7.91. The zero-order chi connectivity index (χ0) is 29.7. The highest BCUT2D eigenvalue weighted by atomic mass is 32.2. The third kappa shape index (κ3) is 5.81. The molecule has 4 atom stereocenters. The summed E-state index contributed by atoms with van der Waals surface area (Å²) in [6, 6.07) is 5.51. The van der Waals surface area contributed by atoms with Crippen molar-refractivity contribution >= 4 is 38.7 Å². The van der Waals surface area contributed by atoms with Gasteiger partial charge in [-0.25, -0.2) is 18.2 Å². The van der Waals surface area contributed by atoms with Crippen molar-refractivity contribution in [2.75, 3.05) is 6.54 Å². The summed E-state index contributed by atoms with van der Waals surface area (Å²) in [5, 5.41) is 13.4. The van der Waals surface area contributed by atoms with Crippen molar-refractivity contribution in [3.63, 3.8) is 0 Å². The molecule has 3 N–H and O–H groups in total. The zero-order valence-electron chi connectivity index (χ0n) is 23.1. The summed E-state index contributed by atoms with van der Waals surface area (Å²) in [5.41, 5.74) is -2.33. The first kappa shape index (κ1) is 28.7. The van der Waals surface area contributed by atoms with Gasteiger partial charge in [-0.2, -0.15) is 0 Å². The van der Waals surface area contributed by atoms with E-state index in [1.165, 1.54) is 17.2 Å². The lowest BCUT2D eigenvalue weighted by Crippen LogP contribution is -2.56. The normalized spacial score (nSPS) is 25.8. The second-order valence-corrected chi connectivity index (χ2v) is 13.8. The van der Waals surface area contributed by atoms with Crippen molar-refractivity contribution in [1.29, 1.82) is 0 Å². The SMILES string of the molecule is C=C[C@@H]1C[C@]1(NC(=O)C1C[C@@H](Oc2nccc3c(O)cccc23)CN1C(=O)OC(C)(C)C)C(=O)NS(=O)(=O)C1CC1. The van der Waals surface area contributed by atoms with Crippen LogP contribution in [-0.2, 0) is 24.3 Å². The van der Waals surface area contributed by atoms with Gasteiger partial charge >= 0.3 is 6.09 Å². The number of phenols is 1. The van der Waals surface area contributed by atoms with Gasteiger partial charge < -0.3 is 19.9 Å². The van der Waals surface area contributed by atoms with Crippen LogP contribution in [0.4, 0.5) is 4.79 Å². The standard InChI is InChI=1S/C28H34N4O8S/c1-5-16-14-28(16,25(35)31-41(37,38)18-9-10-18)30-23(34)21-13-17(15-32(21)26(36)40-27(2,3)4)39-24-20-7-6-8-22(33)19(20)11-12-29-24/h5-8,11-12,16-18,21,33H,1,9-10,13-15H2,2-4H3,(H,30,34)(H,31,35)/t16-,17-,21?,28-/m1/s1. The Balaban J connectivity index is 1.38. The summed E-state index contributed by atoms with van der Waals surface area (Å²) in [6.45, 7) is 8.81. The fraction of sp³-hybridized carbons (Fsp3) is 0.500. The summed E-state index contributed by atoms with van der Waals surface area (Å²) in [6.07, 6.45) is 2.76. The van der Waals surface area contributed by atoms with Gasteiger partial charge in [-0.15, -0.1) is 6.58 Å². The number of carbonyl (C=O) groups excluding carboxylic acids is 3. The molecule has 0 spiro atoms. The van der Waals surface area contributed by atoms with E-state index in [-0.39, 0.29) is 31.0 Å². The average molecular weight is 587 g/mol. The number of rotatable bonds is 8. The number of nitrogens with one attached hydrogen (secondary N) is 2. The number of likely N-dealkylation sites (tertiary alicyclic amines) is 1. The number of amides is 3. The van der Waals surface area contributed by atoms with Crippen LogP contribution in [0.2, 0.25) is 0 Å². The van der Waals surface area contributed by atoms with Crippen molar-refractivity contribution in [2.24, 2.45) is 5.92 Å². The van der Waals surface area contributed by atoms with Crippen molar-refractivity contribution < 1.29 is 37.4 Å². The van der Waals surface area contributed by atoms with E-state index in [1.807, 2.05) is 0 Å². The van der Waals surface area contributed by atoms with E-state index >= 15 is 0 Å². The van der Waals surface area contributed by atoms with Crippen LogP contribution in [0.15, 0.2) is 43.1 Å². The number of aromatic nitrogens is 1. The van der Waals surface area contributed by atoms with Gasteiger partial charge in [0, 0.05) is 29.3 Å². The third-order valence-corrected chi connectivity index (χ3v) is 9.29. The molecule has 0 radical (unpaired) electrons. The van der Waals surface area contributed by atoms with Gasteiger partial charge in [0.1, 0.15) is 29.0 Å². The van der Waals surface area contributed by atoms with E-state index < -0.39 is 62.4 Å². The number of nitrogens with zero attached hydrogens (tertiary/aromatic N) is 2. The molecule has 2 saturated carbocycles. The Morgan fingerprint density at radius 3 is 2.56 bits per heavy atom. The lowest BCUT2D eigenvalue weighted by atomic mass is 10.1. The Morgan fingerprint density at radius 2 is 1.93 bits per heavy atom. The molecule has 3 amide bonds. The van der Waals surface area contributed by atoms with Gasteiger partial charge in [0.2, 0.25) is 21.8 Å². The predicted molar refractivity (Wildman–Crippen MR) is 148 cm³/mol. The van der Waals surface area contributed by atoms with Gasteiger partial charge in [0.25, 0.3) is 5.91 Å². The molecule has 5 rings (SSSR count). The third-order valence-electron chi connectivity index (χ3n) is 7.47. The molecule has 13 heteroatoms. The molecule has 1 aromatic heterocycles. The van der Waals surface area contributed by atoms with Crippen molar-refractivity contribution in [2.45, 2.75) is 75.0 Å². The molecular formula is C28H34N4O8S. The van der Waals surface area contributed by atoms with Crippen LogP contribution in [-0.4, -0.2) is 76.4 Å². The van der Waals surface area contributed by atoms with Crippen LogP contribution in [0.3, 0.4) is 0 Å². The Kier molecular flexibility index (Phi) is 7.13. The van der Waals surface area contributed by atoms with E-state index in [2.05, 4.69) is 21.6 Å². The van der Waals surface area contributed by atoms with Gasteiger partial charge in [0.05, 0.1) is 11.8 Å². The van der Waals surface area contributed by atoms with Gasteiger partial charge in [-0.05, 0) is 58.2 Å². The molecule has 12 nitrogen and oxygen atoms in total. The zero-order valence-corrected chi connectivity index (χ0v) is 23.9. The van der Waals surface area contributed by atoms with Crippen LogP contribution in [0.5, 0.6) is 11.6 Å². The number of sulfonamides is 1. The van der Waals surface area contributed by atoms with Crippen LogP contribution < -0.4 is 14.8 Å². The summed E-state index contributed by atoms with van der Waals surface area (Å²) < 4.78 is 38.7. The molecule has 1 unspecified atom stereocenters. The Morgan fingerprint density at radius 1 is 1.20 bits per heavy atom. The Hall–Kier alpha value is -3.87. The molecular weight excluding hydrogens is 552 g/mol. The summed E-state index contributed by atoms with van der Waals surface area (Å²) in [4.78, 5) is 45.5. The quantitative estimate of drug-likeness (QED) is 0.394. The first-order chi connectivity index (χ1) is 19.2. The van der Waals surface area contributed by atoms with E-state index in [0.717, 1.165) is 0 Å². The number of phenolic OH excluding ortho intramolecular Hbond substituents is 1. The lowest BCUT2D eigenvalue weighted by Gasteiger charge is -2.29. The maximum atomic E-state index is 13.7. The van der Waals surface area contributed by atoms with Gasteiger partial charge in [0.15, 0.2) is 0 Å². The number of fused-ring (bicyclic) bond motifs is 1. The molecule has 3 aliphatic rings. The minimum absolute atomic E-state index is 0.00989. The summed E-state index contributed by atoms with van der Waals surface area (Å²) in [5.74, 6) is -1.66. The van der Waals surface area contributed by atoms with E-state index in [4.69, 9.17) is 9.47 Å². The first-order valence-corrected chi connectivity index (χ1v) is 15.0. The second kappa shape index (κ2) is 10.2. The number of ether oxygens (including phenoxy) is 2. The largest absolute Gasteiger partial charge is 0.507 e. The fourth-order valence-corrected chi connectivity index (χ4v) is 6.45. The number of hydrogen-bond acceptors (Lipinski definition) is 9. The van der Waals surface area contributed by atoms with Crippen molar-refractivity contribution in [3.05, 3.63) is 43.1 Å². The van der Waals surface area contributed by atoms with E-state index in [1.54, 1.807) is 45.0 Å². The topological polar surface area (TPSA) is 164 Å². The Bertz CT molecular complexity index is 1520. The number of hydrogen-bond donors (Lipinski definition) is 3. The van der Waals surface area contributed by atoms with E-state index in [0.29, 0.717) is 23.6 Å². The molecule has 1 aromatic carbocycles. The first-order valence-electron chi connectivity index (χ1n) is 13.5. The highest BCUT2D eigenvalue weighted by Crippen LogP contribution is 2.45. The molecule has 2 aliphatic carbocycles. The molecule has 41 heavy (non-hydrogen) atoms. The smallest absolute Gasteiger partial charge is 0.411 e. The summed E-state index contributed by atoms with van der Waals surface area (Å²) in [7, 11) is -3.84. The molecule has 2 aromatic rings. The van der Waals surface area contributed by atoms with Crippen molar-refractivity contribution in [3.8, 4) is 11.6 Å². The van der Waals surface area contributed by atoms with Crippen molar-refractivity contribution in [1.82, 2.24) is 19.9 Å². The minimum Gasteiger partial charge on any atom is -0.507 e. The van der Waals surface area contributed by atoms with Crippen LogP contribution >= 0.6 is 0 Å². The van der Waals surface area contributed by atoms with Crippen LogP contribution in [0.1, 0.15) is 46.5 Å². The maximum Gasteiger partial charge on any atom is 0.411 e. The number of benzene rings is 1. The maximum absolute atomic E-state index is 13.7. The average Bonchev–Trinajstić information content (AvgIpc) is 3.80. The molecule has 0 bridgehead atoms. The number of carbonyl (C=O) groups is 3. The molecule has 1 aliphatic heterocycles. The second-order valence-electron chi connectivity index (χ2n) is 11.8.